The summed E-state index contributed by atoms with van der Waals surface area (Å²) in [6.45, 7) is 3.63. The zero-order valence-electron chi connectivity index (χ0n) is 8.93. The van der Waals surface area contributed by atoms with E-state index in [1.54, 1.807) is 19.1 Å². The van der Waals surface area contributed by atoms with Gasteiger partial charge in [-0.15, -0.1) is 0 Å². The molecule has 0 saturated heterocycles. The molecular weight excluding hydrogens is 193 g/mol. The molecule has 1 aromatic carbocycles. The standard InChI is InChI=1S/C12H14FNO/c1-8-7-9(3-4-10(8)13)14-11(15)12(2)5-6-12/h3-4,7H,5-6H2,1-2H3,(H,14,15). The van der Waals surface area contributed by atoms with E-state index in [0.29, 0.717) is 11.3 Å². The Bertz CT molecular complexity index is 410. The second kappa shape index (κ2) is 3.33. The van der Waals surface area contributed by atoms with Gasteiger partial charge in [0, 0.05) is 11.1 Å². The van der Waals surface area contributed by atoms with Crippen molar-refractivity contribution < 1.29 is 9.18 Å². The molecule has 0 unspecified atom stereocenters. The molecule has 1 aromatic rings. The summed E-state index contributed by atoms with van der Waals surface area (Å²) in [6, 6.07) is 4.62. The van der Waals surface area contributed by atoms with Crippen molar-refractivity contribution in [2.45, 2.75) is 26.7 Å². The van der Waals surface area contributed by atoms with Crippen LogP contribution in [-0.4, -0.2) is 5.91 Å². The van der Waals surface area contributed by atoms with E-state index in [1.165, 1.54) is 6.07 Å². The molecule has 80 valence electrons. The minimum absolute atomic E-state index is 0.0357. The number of aryl methyl sites for hydroxylation is 1. The van der Waals surface area contributed by atoms with Gasteiger partial charge in [0.15, 0.2) is 0 Å². The molecule has 1 amide bonds. The van der Waals surface area contributed by atoms with Crippen LogP contribution in [0.4, 0.5) is 10.1 Å². The molecule has 1 saturated carbocycles. The van der Waals surface area contributed by atoms with Crippen LogP contribution in [0.2, 0.25) is 0 Å². The maximum absolute atomic E-state index is 13.0. The summed E-state index contributed by atoms with van der Waals surface area (Å²) in [4.78, 5) is 11.7. The van der Waals surface area contributed by atoms with Crippen LogP contribution in [0.1, 0.15) is 25.3 Å². The molecule has 2 nitrogen and oxygen atoms in total. The summed E-state index contributed by atoms with van der Waals surface area (Å²) in [5.74, 6) is -0.209. The normalized spacial score (nSPS) is 17.3. The number of carbonyl (C=O) groups excluding carboxylic acids is 1. The first-order valence-electron chi connectivity index (χ1n) is 5.09. The molecule has 3 heteroatoms. The molecule has 0 aromatic heterocycles. The number of benzene rings is 1. The van der Waals surface area contributed by atoms with E-state index in [9.17, 15) is 9.18 Å². The van der Waals surface area contributed by atoms with Crippen molar-refractivity contribution in [2.75, 3.05) is 5.32 Å². The number of hydrogen-bond acceptors (Lipinski definition) is 1. The summed E-state index contributed by atoms with van der Waals surface area (Å²) in [5, 5.41) is 2.81. The molecule has 0 radical (unpaired) electrons. The monoisotopic (exact) mass is 207 g/mol. The fourth-order valence-corrected chi connectivity index (χ4v) is 1.42. The van der Waals surface area contributed by atoms with E-state index in [2.05, 4.69) is 5.32 Å². The summed E-state index contributed by atoms with van der Waals surface area (Å²) in [6.07, 6.45) is 1.89. The summed E-state index contributed by atoms with van der Waals surface area (Å²) in [5.41, 5.74) is 1.03. The molecule has 15 heavy (non-hydrogen) atoms. The highest BCUT2D eigenvalue weighted by atomic mass is 19.1. The zero-order valence-corrected chi connectivity index (χ0v) is 8.93. The molecule has 0 aliphatic heterocycles. The first kappa shape index (κ1) is 10.1. The fourth-order valence-electron chi connectivity index (χ4n) is 1.42. The van der Waals surface area contributed by atoms with Crippen LogP contribution in [0.3, 0.4) is 0 Å². The Morgan fingerprint density at radius 3 is 2.67 bits per heavy atom. The lowest BCUT2D eigenvalue weighted by Gasteiger charge is -2.10. The van der Waals surface area contributed by atoms with Gasteiger partial charge in [-0.3, -0.25) is 4.79 Å². The van der Waals surface area contributed by atoms with Crippen molar-refractivity contribution in [3.63, 3.8) is 0 Å². The molecule has 1 fully saturated rings. The SMILES string of the molecule is Cc1cc(NC(=O)C2(C)CC2)ccc1F. The minimum Gasteiger partial charge on any atom is -0.326 e. The van der Waals surface area contributed by atoms with Gasteiger partial charge in [-0.25, -0.2) is 4.39 Å². The fraction of sp³-hybridized carbons (Fsp3) is 0.417. The van der Waals surface area contributed by atoms with Gasteiger partial charge in [0.25, 0.3) is 0 Å². The van der Waals surface area contributed by atoms with Gasteiger partial charge in [0.05, 0.1) is 0 Å². The maximum Gasteiger partial charge on any atom is 0.230 e. The smallest absolute Gasteiger partial charge is 0.230 e. The van der Waals surface area contributed by atoms with Gasteiger partial charge in [0.2, 0.25) is 5.91 Å². The van der Waals surface area contributed by atoms with E-state index in [4.69, 9.17) is 0 Å². The third-order valence-electron chi connectivity index (χ3n) is 2.96. The maximum atomic E-state index is 13.0. The van der Waals surface area contributed by atoms with Crippen LogP contribution in [0.15, 0.2) is 18.2 Å². The van der Waals surface area contributed by atoms with Gasteiger partial charge in [-0.05, 0) is 43.5 Å². The number of halogens is 1. The summed E-state index contributed by atoms with van der Waals surface area (Å²) in [7, 11) is 0. The lowest BCUT2D eigenvalue weighted by atomic mass is 10.1. The van der Waals surface area contributed by atoms with Crippen LogP contribution < -0.4 is 5.32 Å². The molecule has 1 aliphatic carbocycles. The zero-order chi connectivity index (χ0) is 11.1. The largest absolute Gasteiger partial charge is 0.326 e. The topological polar surface area (TPSA) is 29.1 Å². The van der Waals surface area contributed by atoms with Crippen molar-refractivity contribution in [3.8, 4) is 0 Å². The first-order valence-corrected chi connectivity index (χ1v) is 5.09. The lowest BCUT2D eigenvalue weighted by Crippen LogP contribution is -2.21. The minimum atomic E-state index is -0.245. The second-order valence-corrected chi connectivity index (χ2v) is 4.48. The third-order valence-corrected chi connectivity index (χ3v) is 2.96. The highest BCUT2D eigenvalue weighted by Gasteiger charge is 2.44. The van der Waals surface area contributed by atoms with Crippen LogP contribution in [0, 0.1) is 18.2 Å². The Morgan fingerprint density at radius 2 is 2.13 bits per heavy atom. The molecule has 2 rings (SSSR count). The van der Waals surface area contributed by atoms with E-state index in [1.807, 2.05) is 6.92 Å². The highest BCUT2D eigenvalue weighted by Crippen LogP contribution is 2.45. The van der Waals surface area contributed by atoms with E-state index < -0.39 is 0 Å². The molecule has 0 heterocycles. The van der Waals surface area contributed by atoms with Gasteiger partial charge in [0.1, 0.15) is 5.82 Å². The molecule has 1 N–H and O–H groups in total. The number of nitrogens with one attached hydrogen (secondary N) is 1. The van der Waals surface area contributed by atoms with Gasteiger partial charge < -0.3 is 5.32 Å². The van der Waals surface area contributed by atoms with Crippen LogP contribution >= 0.6 is 0 Å². The predicted octanol–water partition coefficient (Wildman–Crippen LogP) is 2.87. The average Bonchev–Trinajstić information content (AvgIpc) is 2.92. The number of hydrogen-bond donors (Lipinski definition) is 1. The van der Waals surface area contributed by atoms with Crippen molar-refractivity contribution in [2.24, 2.45) is 5.41 Å². The van der Waals surface area contributed by atoms with Crippen LogP contribution in [0.25, 0.3) is 0 Å². The van der Waals surface area contributed by atoms with Crippen LogP contribution in [-0.2, 0) is 4.79 Å². The number of rotatable bonds is 2. The lowest BCUT2D eigenvalue weighted by molar-refractivity contribution is -0.120. The average molecular weight is 207 g/mol. The number of anilines is 1. The van der Waals surface area contributed by atoms with Crippen molar-refractivity contribution in [3.05, 3.63) is 29.6 Å². The number of amides is 1. The Kier molecular flexibility index (Phi) is 2.25. The number of carbonyl (C=O) groups is 1. The van der Waals surface area contributed by atoms with Crippen LogP contribution in [0.5, 0.6) is 0 Å². The molecule has 1 aliphatic rings. The Balaban J connectivity index is 2.11. The Hall–Kier alpha value is -1.38. The van der Waals surface area contributed by atoms with E-state index in [0.717, 1.165) is 12.8 Å². The Morgan fingerprint density at radius 1 is 1.47 bits per heavy atom. The van der Waals surface area contributed by atoms with Crippen molar-refractivity contribution in [1.82, 2.24) is 0 Å². The third kappa shape index (κ3) is 2.01. The molecule has 0 spiro atoms. The molecular formula is C12H14FNO. The molecule has 0 atom stereocenters. The van der Waals surface area contributed by atoms with Gasteiger partial charge >= 0.3 is 0 Å². The quantitative estimate of drug-likeness (QED) is 0.793. The predicted molar refractivity (Wildman–Crippen MR) is 57.1 cm³/mol. The van der Waals surface area contributed by atoms with E-state index in [-0.39, 0.29) is 17.1 Å². The van der Waals surface area contributed by atoms with E-state index >= 15 is 0 Å². The first-order chi connectivity index (χ1) is 7.01. The van der Waals surface area contributed by atoms with Crippen molar-refractivity contribution >= 4 is 11.6 Å². The summed E-state index contributed by atoms with van der Waals surface area (Å²) >= 11 is 0. The molecule has 0 bridgehead atoms. The van der Waals surface area contributed by atoms with Gasteiger partial charge in [-0.2, -0.15) is 0 Å². The van der Waals surface area contributed by atoms with Gasteiger partial charge in [-0.1, -0.05) is 6.92 Å². The van der Waals surface area contributed by atoms with Crippen molar-refractivity contribution in [1.29, 1.82) is 0 Å². The highest BCUT2D eigenvalue weighted by molar-refractivity contribution is 5.96. The second-order valence-electron chi connectivity index (χ2n) is 4.48. The Labute approximate surface area is 88.5 Å². The summed E-state index contributed by atoms with van der Waals surface area (Å²) < 4.78 is 13.0.